The summed E-state index contributed by atoms with van der Waals surface area (Å²) in [7, 11) is 0. The summed E-state index contributed by atoms with van der Waals surface area (Å²) >= 11 is 1.19. The molecule has 0 fully saturated rings. The van der Waals surface area contributed by atoms with Gasteiger partial charge in [-0.1, -0.05) is 11.8 Å². The average Bonchev–Trinajstić information content (AvgIpc) is 2.15. The monoisotopic (exact) mass is 207 g/mol. The highest BCUT2D eigenvalue weighted by molar-refractivity contribution is 7.99. The molecule has 0 aliphatic rings. The van der Waals surface area contributed by atoms with E-state index in [1.165, 1.54) is 11.8 Å². The van der Waals surface area contributed by atoms with Gasteiger partial charge in [0, 0.05) is 5.69 Å². The number of aryl methyl sites for hydroxylation is 1. The standard InChI is InChI=1S/C9H9N3OS/c1-6-2-3-7(4-10)9(12-6)14-5-8(11)13/h2-3H,5H2,1H3,(H2,11,13). The lowest BCUT2D eigenvalue weighted by molar-refractivity contribution is -0.115. The number of nitrogens with zero attached hydrogens (tertiary/aromatic N) is 2. The molecule has 1 rings (SSSR count). The first-order valence-corrected chi connectivity index (χ1v) is 4.91. The van der Waals surface area contributed by atoms with Crippen LogP contribution in [0.15, 0.2) is 17.2 Å². The van der Waals surface area contributed by atoms with Crippen molar-refractivity contribution in [2.24, 2.45) is 5.73 Å². The van der Waals surface area contributed by atoms with Gasteiger partial charge in [0.25, 0.3) is 0 Å². The van der Waals surface area contributed by atoms with Crippen molar-refractivity contribution in [1.29, 1.82) is 5.26 Å². The number of nitrogens with two attached hydrogens (primary N) is 1. The normalized spacial score (nSPS) is 9.43. The number of pyridine rings is 1. The molecule has 0 saturated carbocycles. The second-order valence-corrected chi connectivity index (χ2v) is 3.64. The van der Waals surface area contributed by atoms with Crippen LogP contribution in [-0.2, 0) is 4.79 Å². The zero-order chi connectivity index (χ0) is 10.6. The molecule has 0 saturated heterocycles. The van der Waals surface area contributed by atoms with Crippen LogP contribution >= 0.6 is 11.8 Å². The van der Waals surface area contributed by atoms with E-state index in [4.69, 9.17) is 11.0 Å². The minimum atomic E-state index is -0.415. The Morgan fingerprint density at radius 2 is 2.43 bits per heavy atom. The number of carbonyl (C=O) groups is 1. The number of primary amides is 1. The molecule has 14 heavy (non-hydrogen) atoms. The molecule has 0 radical (unpaired) electrons. The first-order chi connectivity index (χ1) is 6.63. The van der Waals surface area contributed by atoms with E-state index in [-0.39, 0.29) is 5.75 Å². The summed E-state index contributed by atoms with van der Waals surface area (Å²) in [5.41, 5.74) is 6.29. The summed E-state index contributed by atoms with van der Waals surface area (Å²) in [5.74, 6) is -0.271. The maximum atomic E-state index is 10.5. The molecule has 0 unspecified atom stereocenters. The fourth-order valence-electron chi connectivity index (χ4n) is 0.867. The number of amides is 1. The minimum absolute atomic E-state index is 0.144. The Hall–Kier alpha value is -1.54. The SMILES string of the molecule is Cc1ccc(C#N)c(SCC(N)=O)n1. The van der Waals surface area contributed by atoms with E-state index >= 15 is 0 Å². The van der Waals surface area contributed by atoms with Crippen molar-refractivity contribution in [1.82, 2.24) is 4.98 Å². The fraction of sp³-hybridized carbons (Fsp3) is 0.222. The third kappa shape index (κ3) is 2.75. The van der Waals surface area contributed by atoms with Gasteiger partial charge >= 0.3 is 0 Å². The molecule has 5 heteroatoms. The largest absolute Gasteiger partial charge is 0.369 e. The van der Waals surface area contributed by atoms with E-state index in [2.05, 4.69) is 4.98 Å². The van der Waals surface area contributed by atoms with Crippen LogP contribution in [0.1, 0.15) is 11.3 Å². The Balaban J connectivity index is 2.89. The maximum Gasteiger partial charge on any atom is 0.227 e. The van der Waals surface area contributed by atoms with Gasteiger partial charge in [-0.25, -0.2) is 4.98 Å². The van der Waals surface area contributed by atoms with Crippen LogP contribution in [0.2, 0.25) is 0 Å². The van der Waals surface area contributed by atoms with Crippen molar-refractivity contribution in [3.8, 4) is 6.07 Å². The molecular weight excluding hydrogens is 198 g/mol. The number of thioether (sulfide) groups is 1. The zero-order valence-corrected chi connectivity index (χ0v) is 8.47. The van der Waals surface area contributed by atoms with Gasteiger partial charge in [0.05, 0.1) is 11.3 Å². The Bertz CT molecular complexity index is 398. The second kappa shape index (κ2) is 4.63. The van der Waals surface area contributed by atoms with Crippen LogP contribution < -0.4 is 5.73 Å². The number of nitriles is 1. The highest BCUT2D eigenvalue weighted by atomic mass is 32.2. The molecule has 1 amide bonds. The number of carbonyl (C=O) groups excluding carboxylic acids is 1. The summed E-state index contributed by atoms with van der Waals surface area (Å²) in [6, 6.07) is 5.45. The van der Waals surface area contributed by atoms with Crippen LogP contribution in [0.5, 0.6) is 0 Å². The highest BCUT2D eigenvalue weighted by Crippen LogP contribution is 2.19. The maximum absolute atomic E-state index is 10.5. The number of hydrogen-bond acceptors (Lipinski definition) is 4. The van der Waals surface area contributed by atoms with Gasteiger partial charge in [-0.15, -0.1) is 0 Å². The van der Waals surface area contributed by atoms with Gasteiger partial charge in [0.15, 0.2) is 0 Å². The smallest absolute Gasteiger partial charge is 0.227 e. The summed E-state index contributed by atoms with van der Waals surface area (Å²) in [6.07, 6.45) is 0. The molecule has 0 bridgehead atoms. The quantitative estimate of drug-likeness (QED) is 0.745. The van der Waals surface area contributed by atoms with E-state index in [1.54, 1.807) is 12.1 Å². The molecule has 0 spiro atoms. The van der Waals surface area contributed by atoms with Gasteiger partial charge in [0.1, 0.15) is 11.1 Å². The van der Waals surface area contributed by atoms with E-state index in [9.17, 15) is 4.79 Å². The molecule has 1 heterocycles. The lowest BCUT2D eigenvalue weighted by Gasteiger charge is -2.01. The predicted molar refractivity (Wildman–Crippen MR) is 53.6 cm³/mol. The lowest BCUT2D eigenvalue weighted by Crippen LogP contribution is -2.13. The molecule has 1 aromatic heterocycles. The van der Waals surface area contributed by atoms with Gasteiger partial charge in [-0.2, -0.15) is 5.26 Å². The predicted octanol–water partition coefficient (Wildman–Crippen LogP) is 0.839. The number of rotatable bonds is 3. The third-order valence-electron chi connectivity index (χ3n) is 1.47. The number of aromatic nitrogens is 1. The highest BCUT2D eigenvalue weighted by Gasteiger charge is 2.06. The molecule has 0 aliphatic carbocycles. The van der Waals surface area contributed by atoms with E-state index < -0.39 is 5.91 Å². The Kier molecular flexibility index (Phi) is 3.48. The zero-order valence-electron chi connectivity index (χ0n) is 7.65. The van der Waals surface area contributed by atoms with E-state index in [1.807, 2.05) is 13.0 Å². The van der Waals surface area contributed by atoms with Gasteiger partial charge in [-0.3, -0.25) is 4.79 Å². The van der Waals surface area contributed by atoms with Crippen molar-refractivity contribution >= 4 is 17.7 Å². The van der Waals surface area contributed by atoms with Gasteiger partial charge < -0.3 is 5.73 Å². The molecule has 72 valence electrons. The first kappa shape index (κ1) is 10.5. The van der Waals surface area contributed by atoms with Crippen LogP contribution in [0.25, 0.3) is 0 Å². The molecule has 0 atom stereocenters. The van der Waals surface area contributed by atoms with E-state index in [0.29, 0.717) is 10.6 Å². The van der Waals surface area contributed by atoms with Crippen molar-refractivity contribution in [3.05, 3.63) is 23.4 Å². The molecule has 1 aromatic rings. The average molecular weight is 207 g/mol. The lowest BCUT2D eigenvalue weighted by atomic mass is 10.3. The Morgan fingerprint density at radius 1 is 1.71 bits per heavy atom. The van der Waals surface area contributed by atoms with Crippen molar-refractivity contribution < 1.29 is 4.79 Å². The Morgan fingerprint density at radius 3 is 3.00 bits per heavy atom. The summed E-state index contributed by atoms with van der Waals surface area (Å²) in [5, 5.41) is 9.32. The molecule has 0 aromatic carbocycles. The van der Waals surface area contributed by atoms with Crippen LogP contribution in [0, 0.1) is 18.3 Å². The van der Waals surface area contributed by atoms with Crippen molar-refractivity contribution in [2.45, 2.75) is 11.9 Å². The van der Waals surface area contributed by atoms with Crippen LogP contribution in [0.3, 0.4) is 0 Å². The molecule has 4 nitrogen and oxygen atoms in total. The summed E-state index contributed by atoms with van der Waals surface area (Å²) in [4.78, 5) is 14.7. The third-order valence-corrected chi connectivity index (χ3v) is 2.48. The van der Waals surface area contributed by atoms with Crippen molar-refractivity contribution in [3.63, 3.8) is 0 Å². The summed E-state index contributed by atoms with van der Waals surface area (Å²) < 4.78 is 0. The minimum Gasteiger partial charge on any atom is -0.369 e. The van der Waals surface area contributed by atoms with E-state index in [0.717, 1.165) is 5.69 Å². The van der Waals surface area contributed by atoms with Gasteiger partial charge in [0.2, 0.25) is 5.91 Å². The van der Waals surface area contributed by atoms with Crippen molar-refractivity contribution in [2.75, 3.05) is 5.75 Å². The topological polar surface area (TPSA) is 79.8 Å². The van der Waals surface area contributed by atoms with Crippen LogP contribution in [0.4, 0.5) is 0 Å². The second-order valence-electron chi connectivity index (χ2n) is 2.67. The molecule has 2 N–H and O–H groups in total. The first-order valence-electron chi connectivity index (χ1n) is 3.92. The molecule has 0 aliphatic heterocycles. The number of hydrogen-bond donors (Lipinski definition) is 1. The van der Waals surface area contributed by atoms with Gasteiger partial charge in [-0.05, 0) is 19.1 Å². The Labute approximate surface area is 86.1 Å². The summed E-state index contributed by atoms with van der Waals surface area (Å²) in [6.45, 7) is 1.83. The molecular formula is C9H9N3OS. The van der Waals surface area contributed by atoms with Crippen LogP contribution in [-0.4, -0.2) is 16.6 Å². The fourth-order valence-corrected chi connectivity index (χ4v) is 1.62.